The van der Waals surface area contributed by atoms with Gasteiger partial charge in [0.1, 0.15) is 0 Å². The SMILES string of the molecule is C=C.O=CC=O. The first-order valence-electron chi connectivity index (χ1n) is 1.30. The molecule has 2 heteroatoms. The fraction of sp³-hybridized carbons (Fsp3) is 0. The maximum absolute atomic E-state index is 8.81. The molecule has 0 spiro atoms. The van der Waals surface area contributed by atoms with Gasteiger partial charge in [0.05, 0.1) is 0 Å². The van der Waals surface area contributed by atoms with E-state index in [1.807, 2.05) is 0 Å². The van der Waals surface area contributed by atoms with Crippen LogP contribution in [0.25, 0.3) is 0 Å². The smallest absolute Gasteiger partial charge is 0.182 e. The van der Waals surface area contributed by atoms with Gasteiger partial charge in [-0.15, -0.1) is 13.2 Å². The van der Waals surface area contributed by atoms with E-state index in [9.17, 15) is 0 Å². The maximum Gasteiger partial charge on any atom is 0.182 e. The van der Waals surface area contributed by atoms with Crippen molar-refractivity contribution in [3.05, 3.63) is 13.2 Å². The van der Waals surface area contributed by atoms with Gasteiger partial charge in [-0.3, -0.25) is 9.59 Å². The van der Waals surface area contributed by atoms with Crippen molar-refractivity contribution in [1.29, 1.82) is 0 Å². The topological polar surface area (TPSA) is 34.1 Å². The minimum atomic E-state index is 0.194. The summed E-state index contributed by atoms with van der Waals surface area (Å²) in [5.74, 6) is 0. The number of hydrogen-bond acceptors (Lipinski definition) is 2. The van der Waals surface area contributed by atoms with Crippen molar-refractivity contribution < 1.29 is 9.59 Å². The van der Waals surface area contributed by atoms with Crippen LogP contribution in [-0.2, 0) is 9.59 Å². The molecule has 0 heterocycles. The summed E-state index contributed by atoms with van der Waals surface area (Å²) in [6.45, 7) is 6.00. The number of rotatable bonds is 1. The van der Waals surface area contributed by atoms with Crippen molar-refractivity contribution in [3.8, 4) is 0 Å². The van der Waals surface area contributed by atoms with Crippen molar-refractivity contribution in [1.82, 2.24) is 0 Å². The highest BCUT2D eigenvalue weighted by Gasteiger charge is 1.47. The lowest BCUT2D eigenvalue weighted by Gasteiger charge is -1.31. The van der Waals surface area contributed by atoms with E-state index < -0.39 is 0 Å². The average molecular weight is 86.1 g/mol. The van der Waals surface area contributed by atoms with Crippen LogP contribution in [0.3, 0.4) is 0 Å². The van der Waals surface area contributed by atoms with Gasteiger partial charge in [0.2, 0.25) is 0 Å². The third kappa shape index (κ3) is 2080. The van der Waals surface area contributed by atoms with E-state index in [2.05, 4.69) is 13.2 Å². The van der Waals surface area contributed by atoms with Gasteiger partial charge in [-0.1, -0.05) is 0 Å². The van der Waals surface area contributed by atoms with E-state index in [0.717, 1.165) is 0 Å². The number of carbonyl (C=O) groups is 2. The summed E-state index contributed by atoms with van der Waals surface area (Å²) in [6, 6.07) is 0. The van der Waals surface area contributed by atoms with Crippen LogP contribution in [0.15, 0.2) is 13.2 Å². The largest absolute Gasteiger partial charge is 0.295 e. The molecule has 0 amide bonds. The van der Waals surface area contributed by atoms with Crippen LogP contribution in [-0.4, -0.2) is 12.6 Å². The lowest BCUT2D eigenvalue weighted by Crippen LogP contribution is -1.62. The molecule has 0 bridgehead atoms. The summed E-state index contributed by atoms with van der Waals surface area (Å²) in [6.07, 6.45) is 0.389. The van der Waals surface area contributed by atoms with Gasteiger partial charge < -0.3 is 0 Å². The van der Waals surface area contributed by atoms with Crippen LogP contribution >= 0.6 is 0 Å². The molecule has 34 valence electrons. The molecule has 0 N–H and O–H groups in total. The van der Waals surface area contributed by atoms with Gasteiger partial charge in [-0.2, -0.15) is 0 Å². The number of carbonyl (C=O) groups excluding carboxylic acids is 2. The molecular weight excluding hydrogens is 80.0 g/mol. The molecule has 0 atom stereocenters. The van der Waals surface area contributed by atoms with Crippen LogP contribution in [0, 0.1) is 0 Å². The number of hydrogen-bond donors (Lipinski definition) is 0. The standard InChI is InChI=1S/C2H2O2.C2H4/c3-1-2-4;1-2/h1-2H;1-2H2. The summed E-state index contributed by atoms with van der Waals surface area (Å²) in [5, 5.41) is 0. The second-order valence-corrected chi connectivity index (χ2v) is 0.272. The molecule has 0 aromatic heterocycles. The Labute approximate surface area is 36.5 Å². The van der Waals surface area contributed by atoms with Gasteiger partial charge in [-0.05, 0) is 0 Å². The first-order chi connectivity index (χ1) is 2.91. The average Bonchev–Trinajstić information content (AvgIpc) is 1.72. The van der Waals surface area contributed by atoms with Gasteiger partial charge in [0, 0.05) is 0 Å². The van der Waals surface area contributed by atoms with Crippen molar-refractivity contribution >= 4 is 12.6 Å². The van der Waals surface area contributed by atoms with Crippen molar-refractivity contribution in [3.63, 3.8) is 0 Å². The van der Waals surface area contributed by atoms with E-state index in [-0.39, 0.29) is 12.6 Å². The van der Waals surface area contributed by atoms with Gasteiger partial charge in [-0.25, -0.2) is 0 Å². The van der Waals surface area contributed by atoms with Crippen molar-refractivity contribution in [2.45, 2.75) is 0 Å². The van der Waals surface area contributed by atoms with E-state index >= 15 is 0 Å². The van der Waals surface area contributed by atoms with Crippen LogP contribution in [0.1, 0.15) is 0 Å². The highest BCUT2D eigenvalue weighted by atomic mass is 16.2. The summed E-state index contributed by atoms with van der Waals surface area (Å²) in [4.78, 5) is 17.6. The monoisotopic (exact) mass is 86.0 g/mol. The highest BCUT2D eigenvalue weighted by molar-refractivity contribution is 6.09. The molecular formula is C4H6O2. The molecule has 0 aromatic carbocycles. The third-order valence-corrected chi connectivity index (χ3v) is 0.0556. The molecule has 2 nitrogen and oxygen atoms in total. The van der Waals surface area contributed by atoms with E-state index in [1.54, 1.807) is 0 Å². The maximum atomic E-state index is 8.81. The predicted octanol–water partition coefficient (Wildman–Crippen LogP) is 0.186. The minimum absolute atomic E-state index is 0.194. The van der Waals surface area contributed by atoms with Crippen LogP contribution < -0.4 is 0 Å². The Balaban J connectivity index is 0. The summed E-state index contributed by atoms with van der Waals surface area (Å²) >= 11 is 0. The van der Waals surface area contributed by atoms with Crippen LogP contribution in [0.2, 0.25) is 0 Å². The lowest BCUT2D eigenvalue weighted by molar-refractivity contribution is -0.122. The molecule has 0 fully saturated rings. The highest BCUT2D eigenvalue weighted by Crippen LogP contribution is 1.12. The lowest BCUT2D eigenvalue weighted by atomic mass is 10.9. The second-order valence-electron chi connectivity index (χ2n) is 0.272. The molecule has 6 heavy (non-hydrogen) atoms. The van der Waals surface area contributed by atoms with Crippen molar-refractivity contribution in [2.75, 3.05) is 0 Å². The van der Waals surface area contributed by atoms with E-state index in [4.69, 9.17) is 9.59 Å². The minimum Gasteiger partial charge on any atom is -0.295 e. The molecule has 0 saturated carbocycles. The molecule has 0 aliphatic carbocycles. The molecule has 0 aliphatic heterocycles. The van der Waals surface area contributed by atoms with Gasteiger partial charge >= 0.3 is 0 Å². The van der Waals surface area contributed by atoms with Gasteiger partial charge in [0.15, 0.2) is 12.6 Å². The van der Waals surface area contributed by atoms with Gasteiger partial charge in [0.25, 0.3) is 0 Å². The van der Waals surface area contributed by atoms with E-state index in [0.29, 0.717) is 0 Å². The third-order valence-electron chi connectivity index (χ3n) is 0.0556. The van der Waals surface area contributed by atoms with E-state index in [1.165, 1.54) is 0 Å². The van der Waals surface area contributed by atoms with Crippen LogP contribution in [0.5, 0.6) is 0 Å². The summed E-state index contributed by atoms with van der Waals surface area (Å²) < 4.78 is 0. The summed E-state index contributed by atoms with van der Waals surface area (Å²) in [7, 11) is 0. The quantitative estimate of drug-likeness (QED) is 0.259. The van der Waals surface area contributed by atoms with Crippen LogP contribution in [0.4, 0.5) is 0 Å². The first-order valence-corrected chi connectivity index (χ1v) is 1.30. The first kappa shape index (κ1) is 8.91. The molecule has 0 unspecified atom stereocenters. The number of aldehydes is 2. The molecule has 0 saturated heterocycles. The Hall–Kier alpha value is -0.920. The predicted molar refractivity (Wildman–Crippen MR) is 23.4 cm³/mol. The fourth-order valence-electron chi connectivity index (χ4n) is 0. The fourth-order valence-corrected chi connectivity index (χ4v) is 0. The molecule has 0 radical (unpaired) electrons. The second kappa shape index (κ2) is 33.2. The Morgan fingerprint density at radius 3 is 1.17 bits per heavy atom. The van der Waals surface area contributed by atoms with Crippen molar-refractivity contribution in [2.24, 2.45) is 0 Å². The Bertz CT molecular complexity index is 34.8. The molecule has 0 aromatic rings. The Kier molecular flexibility index (Phi) is 49.3. The molecule has 0 rings (SSSR count). The zero-order valence-electron chi connectivity index (χ0n) is 3.39. The zero-order valence-corrected chi connectivity index (χ0v) is 3.39. The Morgan fingerprint density at radius 1 is 1.00 bits per heavy atom. The normalized spacial score (nSPS) is 4.00. The molecule has 0 aliphatic rings. The zero-order chi connectivity index (χ0) is 5.41. The Morgan fingerprint density at radius 2 is 1.17 bits per heavy atom. The summed E-state index contributed by atoms with van der Waals surface area (Å²) in [5.41, 5.74) is 0.